The third-order valence-corrected chi connectivity index (χ3v) is 4.31. The second-order valence-corrected chi connectivity index (χ2v) is 6.09. The van der Waals surface area contributed by atoms with Gasteiger partial charge in [0.2, 0.25) is 5.91 Å². The Morgan fingerprint density at radius 2 is 2.16 bits per heavy atom. The van der Waals surface area contributed by atoms with Crippen LogP contribution in [0.25, 0.3) is 0 Å². The number of hydrogen-bond donors (Lipinski definition) is 1. The second kappa shape index (κ2) is 7.31. The van der Waals surface area contributed by atoms with Gasteiger partial charge >= 0.3 is 0 Å². The number of nitrogens with zero attached hydrogens (tertiary/aromatic N) is 1. The molecule has 2 aromatic rings. The molecular weight excluding hydrogens is 276 g/mol. The highest BCUT2D eigenvalue weighted by Gasteiger charge is 2.05. The molecule has 0 spiro atoms. The molecule has 0 saturated heterocycles. The van der Waals surface area contributed by atoms with Gasteiger partial charge in [-0.1, -0.05) is 30.3 Å². The van der Waals surface area contributed by atoms with Crippen LogP contribution in [0.3, 0.4) is 0 Å². The van der Waals surface area contributed by atoms with Gasteiger partial charge in [0.05, 0.1) is 11.4 Å². The highest BCUT2D eigenvalue weighted by Crippen LogP contribution is 2.15. The molecular formula is C14H16N2OS2. The van der Waals surface area contributed by atoms with Crippen LogP contribution in [0.2, 0.25) is 0 Å². The van der Waals surface area contributed by atoms with E-state index in [0.29, 0.717) is 10.9 Å². The monoisotopic (exact) mass is 292 g/mol. The van der Waals surface area contributed by atoms with E-state index in [1.807, 2.05) is 30.5 Å². The third-order valence-electron chi connectivity index (χ3n) is 2.48. The number of carbonyl (C=O) groups is 1. The van der Waals surface area contributed by atoms with Crippen molar-refractivity contribution in [1.82, 2.24) is 4.98 Å². The number of hydrogen-bond acceptors (Lipinski definition) is 4. The molecule has 0 aliphatic carbocycles. The molecule has 0 bridgehead atoms. The Kier molecular flexibility index (Phi) is 5.42. The van der Waals surface area contributed by atoms with E-state index >= 15 is 0 Å². The van der Waals surface area contributed by atoms with Crippen molar-refractivity contribution in [2.24, 2.45) is 0 Å². The molecule has 3 nitrogen and oxygen atoms in total. The number of amides is 1. The van der Waals surface area contributed by atoms with Crippen molar-refractivity contribution in [2.45, 2.75) is 13.3 Å². The standard InChI is InChI=1S/C14H16N2OS2/c1-11-9-19-14(15-11)16-13(17)10-18-8-7-12-5-3-2-4-6-12/h2-6,9H,7-8,10H2,1H3,(H,15,16,17). The molecule has 0 radical (unpaired) electrons. The van der Waals surface area contributed by atoms with Crippen molar-refractivity contribution in [1.29, 1.82) is 0 Å². The Hall–Kier alpha value is -1.33. The number of nitrogens with one attached hydrogen (secondary N) is 1. The Balaban J connectivity index is 1.64. The van der Waals surface area contributed by atoms with Crippen LogP contribution in [0.1, 0.15) is 11.3 Å². The Morgan fingerprint density at radius 1 is 1.37 bits per heavy atom. The first-order chi connectivity index (χ1) is 9.24. The number of benzene rings is 1. The number of anilines is 1. The van der Waals surface area contributed by atoms with Crippen molar-refractivity contribution in [3.8, 4) is 0 Å². The summed E-state index contributed by atoms with van der Waals surface area (Å²) in [6.45, 7) is 1.92. The van der Waals surface area contributed by atoms with E-state index in [4.69, 9.17) is 0 Å². The van der Waals surface area contributed by atoms with Crippen molar-refractivity contribution in [3.63, 3.8) is 0 Å². The number of aryl methyl sites for hydroxylation is 2. The van der Waals surface area contributed by atoms with Gasteiger partial charge < -0.3 is 5.32 Å². The van der Waals surface area contributed by atoms with Crippen LogP contribution >= 0.6 is 23.1 Å². The predicted molar refractivity (Wildman–Crippen MR) is 83.0 cm³/mol. The molecule has 1 aromatic heterocycles. The lowest BCUT2D eigenvalue weighted by molar-refractivity contribution is -0.113. The molecule has 1 heterocycles. The van der Waals surface area contributed by atoms with Gasteiger partial charge in [-0.3, -0.25) is 4.79 Å². The summed E-state index contributed by atoms with van der Waals surface area (Å²) in [4.78, 5) is 15.9. The largest absolute Gasteiger partial charge is 0.301 e. The summed E-state index contributed by atoms with van der Waals surface area (Å²) in [5, 5.41) is 5.42. The van der Waals surface area contributed by atoms with Crippen LogP contribution in [0, 0.1) is 6.92 Å². The van der Waals surface area contributed by atoms with Gasteiger partial charge in [-0.15, -0.1) is 11.3 Å². The van der Waals surface area contributed by atoms with Gasteiger partial charge in [0.1, 0.15) is 0 Å². The summed E-state index contributed by atoms with van der Waals surface area (Å²) in [7, 11) is 0. The van der Waals surface area contributed by atoms with Crippen molar-refractivity contribution in [3.05, 3.63) is 47.0 Å². The maximum Gasteiger partial charge on any atom is 0.236 e. The summed E-state index contributed by atoms with van der Waals surface area (Å²) < 4.78 is 0. The number of thiazole rings is 1. The van der Waals surface area contributed by atoms with Crippen LogP contribution in [-0.4, -0.2) is 22.4 Å². The van der Waals surface area contributed by atoms with Crippen LogP contribution in [0.5, 0.6) is 0 Å². The molecule has 2 rings (SSSR count). The number of thioether (sulfide) groups is 1. The van der Waals surface area contributed by atoms with Crippen LogP contribution in [-0.2, 0) is 11.2 Å². The normalized spacial score (nSPS) is 10.4. The minimum Gasteiger partial charge on any atom is -0.301 e. The number of aromatic nitrogens is 1. The van der Waals surface area contributed by atoms with E-state index in [1.54, 1.807) is 11.8 Å². The fourth-order valence-electron chi connectivity index (χ4n) is 1.57. The zero-order valence-electron chi connectivity index (χ0n) is 10.8. The molecule has 0 fully saturated rings. The molecule has 1 N–H and O–H groups in total. The zero-order valence-corrected chi connectivity index (χ0v) is 12.4. The Labute approximate surface area is 121 Å². The molecule has 19 heavy (non-hydrogen) atoms. The highest BCUT2D eigenvalue weighted by molar-refractivity contribution is 7.99. The minimum atomic E-state index is 0.0208. The van der Waals surface area contributed by atoms with E-state index in [9.17, 15) is 4.79 Å². The molecule has 5 heteroatoms. The summed E-state index contributed by atoms with van der Waals surface area (Å²) >= 11 is 3.11. The fraction of sp³-hybridized carbons (Fsp3) is 0.286. The second-order valence-electron chi connectivity index (χ2n) is 4.13. The molecule has 1 aromatic carbocycles. The summed E-state index contributed by atoms with van der Waals surface area (Å²) in [6, 6.07) is 10.3. The molecule has 0 aliphatic rings. The first-order valence-electron chi connectivity index (χ1n) is 6.07. The molecule has 0 unspecified atom stereocenters. The zero-order chi connectivity index (χ0) is 13.5. The first-order valence-corrected chi connectivity index (χ1v) is 8.11. The van der Waals surface area contributed by atoms with Gasteiger partial charge in [-0.25, -0.2) is 4.98 Å². The molecule has 0 saturated carbocycles. The molecule has 0 aliphatic heterocycles. The van der Waals surface area contributed by atoms with Gasteiger partial charge in [0.15, 0.2) is 5.13 Å². The quantitative estimate of drug-likeness (QED) is 0.830. The average Bonchev–Trinajstić information content (AvgIpc) is 2.81. The predicted octanol–water partition coefficient (Wildman–Crippen LogP) is 3.37. The van der Waals surface area contributed by atoms with Gasteiger partial charge in [0.25, 0.3) is 0 Å². The lowest BCUT2D eigenvalue weighted by Crippen LogP contribution is -2.14. The minimum absolute atomic E-state index is 0.0208. The van der Waals surface area contributed by atoms with Crippen molar-refractivity contribution >= 4 is 34.1 Å². The molecule has 0 atom stereocenters. The maximum absolute atomic E-state index is 11.7. The molecule has 1 amide bonds. The van der Waals surface area contributed by atoms with Crippen molar-refractivity contribution in [2.75, 3.05) is 16.8 Å². The maximum atomic E-state index is 11.7. The highest BCUT2D eigenvalue weighted by atomic mass is 32.2. The number of rotatable bonds is 6. The molecule has 100 valence electrons. The van der Waals surface area contributed by atoms with E-state index in [-0.39, 0.29) is 5.91 Å². The van der Waals surface area contributed by atoms with Crippen molar-refractivity contribution < 1.29 is 4.79 Å². The van der Waals surface area contributed by atoms with Crippen LogP contribution in [0.4, 0.5) is 5.13 Å². The summed E-state index contributed by atoms with van der Waals surface area (Å²) in [6.07, 6.45) is 0.995. The Morgan fingerprint density at radius 3 is 2.84 bits per heavy atom. The summed E-state index contributed by atoms with van der Waals surface area (Å²) in [5.41, 5.74) is 2.25. The van der Waals surface area contributed by atoms with E-state index in [1.165, 1.54) is 16.9 Å². The lowest BCUT2D eigenvalue weighted by Gasteiger charge is -2.02. The first kappa shape index (κ1) is 14.1. The topological polar surface area (TPSA) is 42.0 Å². The van der Waals surface area contributed by atoms with E-state index in [0.717, 1.165) is 17.9 Å². The lowest BCUT2D eigenvalue weighted by atomic mass is 10.2. The van der Waals surface area contributed by atoms with Crippen LogP contribution < -0.4 is 5.32 Å². The SMILES string of the molecule is Cc1csc(NC(=O)CSCCc2ccccc2)n1. The number of carbonyl (C=O) groups excluding carboxylic acids is 1. The fourth-order valence-corrected chi connectivity index (χ4v) is 3.05. The van der Waals surface area contributed by atoms with Gasteiger partial charge in [-0.2, -0.15) is 11.8 Å². The average molecular weight is 292 g/mol. The summed E-state index contributed by atoms with van der Waals surface area (Å²) in [5.74, 6) is 1.45. The van der Waals surface area contributed by atoms with Crippen LogP contribution in [0.15, 0.2) is 35.7 Å². The van der Waals surface area contributed by atoms with Gasteiger partial charge in [-0.05, 0) is 24.7 Å². The van der Waals surface area contributed by atoms with Gasteiger partial charge in [0, 0.05) is 5.38 Å². The van der Waals surface area contributed by atoms with E-state index in [2.05, 4.69) is 22.4 Å². The third kappa shape index (κ3) is 5.04. The van der Waals surface area contributed by atoms with E-state index < -0.39 is 0 Å². The Bertz CT molecular complexity index is 525. The smallest absolute Gasteiger partial charge is 0.236 e.